The van der Waals surface area contributed by atoms with Gasteiger partial charge in [0.05, 0.1) is 17.6 Å². The largest absolute Gasteiger partial charge is 0.504 e. The number of nitrogens with two attached hydrogens (primary N) is 1. The van der Waals surface area contributed by atoms with E-state index in [1.165, 1.54) is 12.1 Å². The molecular weight excluding hydrogens is 422 g/mol. The maximum absolute atomic E-state index is 12.6. The Morgan fingerprint density at radius 1 is 1.22 bits per heavy atom. The van der Waals surface area contributed by atoms with Crippen LogP contribution >= 0.6 is 0 Å². The van der Waals surface area contributed by atoms with Crippen LogP contribution in [0.5, 0.6) is 17.2 Å². The Morgan fingerprint density at radius 3 is 2.69 bits per heavy atom. The van der Waals surface area contributed by atoms with Crippen LogP contribution < -0.4 is 15.2 Å². The van der Waals surface area contributed by atoms with Crippen LogP contribution in [0.2, 0.25) is 0 Å². The van der Waals surface area contributed by atoms with E-state index in [4.69, 9.17) is 20.3 Å². The number of anilines is 1. The Labute approximate surface area is 183 Å². The van der Waals surface area contributed by atoms with Gasteiger partial charge in [0.15, 0.2) is 17.6 Å². The first-order valence-corrected chi connectivity index (χ1v) is 10.3. The van der Waals surface area contributed by atoms with E-state index in [-0.39, 0.29) is 30.4 Å². The summed E-state index contributed by atoms with van der Waals surface area (Å²) in [6, 6.07) is 10.0. The highest BCUT2D eigenvalue weighted by Gasteiger charge is 2.30. The molecule has 0 spiro atoms. The third-order valence-electron chi connectivity index (χ3n) is 5.69. The van der Waals surface area contributed by atoms with Gasteiger partial charge in [-0.15, -0.1) is 0 Å². The van der Waals surface area contributed by atoms with Crippen molar-refractivity contribution < 1.29 is 33.3 Å². The minimum atomic E-state index is -1.25. The summed E-state index contributed by atoms with van der Waals surface area (Å²) in [5.41, 5.74) is 9.37. The first-order chi connectivity index (χ1) is 15.4. The number of fused-ring (bicyclic) bond motifs is 3. The van der Waals surface area contributed by atoms with Crippen molar-refractivity contribution in [2.75, 3.05) is 19.1 Å². The van der Waals surface area contributed by atoms with Gasteiger partial charge < -0.3 is 30.0 Å². The average Bonchev–Trinajstić information content (AvgIpc) is 3.30. The average molecular weight is 446 g/mol. The number of phenolic OH excluding ortho intramolecular Hbond substituents is 1. The van der Waals surface area contributed by atoms with E-state index in [1.54, 1.807) is 6.07 Å². The number of halogens is 2. The SMILES string of the molecule is Nc1c2n(c3ccc(OCc4ccc(OC(CF)CF)c(O)c4)cc13)CCC2CC(=O)O. The van der Waals surface area contributed by atoms with Gasteiger partial charge in [0, 0.05) is 23.5 Å². The molecule has 1 aliphatic heterocycles. The summed E-state index contributed by atoms with van der Waals surface area (Å²) in [4.78, 5) is 11.2. The lowest BCUT2D eigenvalue weighted by Crippen LogP contribution is -2.21. The summed E-state index contributed by atoms with van der Waals surface area (Å²) in [5, 5.41) is 20.0. The molecule has 0 fully saturated rings. The first kappa shape index (κ1) is 21.7. The molecule has 1 unspecified atom stereocenters. The molecule has 2 heterocycles. The molecular formula is C23H24F2N2O5. The molecule has 0 bridgehead atoms. The molecule has 4 rings (SSSR count). The van der Waals surface area contributed by atoms with Crippen molar-refractivity contribution in [3.05, 3.63) is 47.7 Å². The fourth-order valence-corrected chi connectivity index (χ4v) is 4.18. The van der Waals surface area contributed by atoms with Gasteiger partial charge in [-0.25, -0.2) is 8.78 Å². The number of rotatable bonds is 9. The third-order valence-corrected chi connectivity index (χ3v) is 5.69. The molecule has 1 aromatic heterocycles. The molecule has 7 nitrogen and oxygen atoms in total. The lowest BCUT2D eigenvalue weighted by atomic mass is 9.99. The van der Waals surface area contributed by atoms with Gasteiger partial charge in [-0.05, 0) is 42.3 Å². The van der Waals surface area contributed by atoms with Gasteiger partial charge in [-0.1, -0.05) is 6.07 Å². The molecule has 0 aliphatic carbocycles. The monoisotopic (exact) mass is 446 g/mol. The molecule has 170 valence electrons. The summed E-state index contributed by atoms with van der Waals surface area (Å²) < 4.78 is 38.3. The van der Waals surface area contributed by atoms with Crippen molar-refractivity contribution in [2.45, 2.75) is 38.0 Å². The second kappa shape index (κ2) is 8.94. The van der Waals surface area contributed by atoms with Crippen LogP contribution in [0.25, 0.3) is 10.9 Å². The summed E-state index contributed by atoms with van der Waals surface area (Å²) in [5.74, 6) is -0.615. The molecule has 32 heavy (non-hydrogen) atoms. The van der Waals surface area contributed by atoms with Gasteiger partial charge >= 0.3 is 5.97 Å². The zero-order chi connectivity index (χ0) is 22.8. The Hall–Kier alpha value is -3.49. The number of aromatic nitrogens is 1. The standard InChI is InChI=1S/C23H24F2N2O5/c24-10-16(11-25)32-20-4-1-13(7-19(20)28)12-31-15-2-3-18-17(9-15)22(26)23-14(8-21(29)30)5-6-27(18)23/h1-4,7,9,14,16,28H,5-6,8,10-12,26H2,(H,29,30). The van der Waals surface area contributed by atoms with Crippen LogP contribution in [0.1, 0.15) is 30.0 Å². The maximum atomic E-state index is 12.6. The molecule has 0 saturated carbocycles. The Morgan fingerprint density at radius 2 is 2.00 bits per heavy atom. The van der Waals surface area contributed by atoms with E-state index < -0.39 is 25.4 Å². The van der Waals surface area contributed by atoms with Crippen molar-refractivity contribution in [3.8, 4) is 17.2 Å². The molecule has 2 aromatic carbocycles. The van der Waals surface area contributed by atoms with E-state index >= 15 is 0 Å². The van der Waals surface area contributed by atoms with Gasteiger partial charge in [-0.2, -0.15) is 0 Å². The lowest BCUT2D eigenvalue weighted by molar-refractivity contribution is -0.137. The molecule has 9 heteroatoms. The Bertz CT molecular complexity index is 1140. The molecule has 0 radical (unpaired) electrons. The van der Waals surface area contributed by atoms with E-state index in [9.17, 15) is 18.7 Å². The van der Waals surface area contributed by atoms with Gasteiger partial charge in [0.2, 0.25) is 0 Å². The number of hydrogen-bond acceptors (Lipinski definition) is 5. The summed E-state index contributed by atoms with van der Waals surface area (Å²) in [6.07, 6.45) is -0.454. The number of benzene rings is 2. The number of phenols is 1. The van der Waals surface area contributed by atoms with Crippen LogP contribution in [0.3, 0.4) is 0 Å². The fraction of sp³-hybridized carbons (Fsp3) is 0.348. The zero-order valence-corrected chi connectivity index (χ0v) is 17.3. The predicted octanol–water partition coefficient (Wildman–Crippen LogP) is 4.16. The normalized spacial score (nSPS) is 15.3. The number of carboxylic acid groups (broad SMARTS) is 1. The minimum Gasteiger partial charge on any atom is -0.504 e. The summed E-state index contributed by atoms with van der Waals surface area (Å²) >= 11 is 0. The molecule has 0 saturated heterocycles. The number of hydrogen-bond donors (Lipinski definition) is 3. The van der Waals surface area contributed by atoms with E-state index in [2.05, 4.69) is 4.57 Å². The van der Waals surface area contributed by atoms with E-state index in [1.807, 2.05) is 18.2 Å². The smallest absolute Gasteiger partial charge is 0.304 e. The number of carbonyl (C=O) groups is 1. The Balaban J connectivity index is 1.49. The first-order valence-electron chi connectivity index (χ1n) is 10.3. The number of aromatic hydroxyl groups is 1. The number of nitrogen functional groups attached to an aromatic ring is 1. The zero-order valence-electron chi connectivity index (χ0n) is 17.3. The van der Waals surface area contributed by atoms with Crippen molar-refractivity contribution >= 4 is 22.6 Å². The molecule has 3 aromatic rings. The van der Waals surface area contributed by atoms with Crippen LogP contribution in [-0.2, 0) is 17.9 Å². The van der Waals surface area contributed by atoms with Crippen LogP contribution in [0.4, 0.5) is 14.5 Å². The quantitative estimate of drug-likeness (QED) is 0.456. The molecule has 1 atom stereocenters. The molecule has 1 aliphatic rings. The minimum absolute atomic E-state index is 0.00230. The van der Waals surface area contributed by atoms with E-state index in [0.717, 1.165) is 29.6 Å². The van der Waals surface area contributed by atoms with Crippen molar-refractivity contribution in [3.63, 3.8) is 0 Å². The Kier molecular flexibility index (Phi) is 6.07. The highest BCUT2D eigenvalue weighted by Crippen LogP contribution is 2.42. The van der Waals surface area contributed by atoms with Gasteiger partial charge in [-0.3, -0.25) is 4.79 Å². The van der Waals surface area contributed by atoms with Gasteiger partial charge in [0.25, 0.3) is 0 Å². The number of aliphatic carboxylic acids is 1. The number of carboxylic acids is 1. The third kappa shape index (κ3) is 4.15. The maximum Gasteiger partial charge on any atom is 0.304 e. The second-order valence-corrected chi connectivity index (χ2v) is 7.85. The number of aryl methyl sites for hydroxylation is 1. The van der Waals surface area contributed by atoms with Crippen molar-refractivity contribution in [1.82, 2.24) is 4.57 Å². The highest BCUT2D eigenvalue weighted by atomic mass is 19.1. The van der Waals surface area contributed by atoms with Crippen LogP contribution in [-0.4, -0.2) is 40.2 Å². The lowest BCUT2D eigenvalue weighted by Gasteiger charge is -2.14. The number of nitrogens with zero attached hydrogens (tertiary/aromatic N) is 1. The van der Waals surface area contributed by atoms with Crippen LogP contribution in [0, 0.1) is 0 Å². The van der Waals surface area contributed by atoms with Gasteiger partial charge in [0.1, 0.15) is 25.7 Å². The molecule has 4 N–H and O–H groups in total. The van der Waals surface area contributed by atoms with Crippen molar-refractivity contribution in [2.24, 2.45) is 0 Å². The summed E-state index contributed by atoms with van der Waals surface area (Å²) in [6.45, 7) is -1.12. The van der Waals surface area contributed by atoms with E-state index in [0.29, 0.717) is 17.0 Å². The molecule has 0 amide bonds. The second-order valence-electron chi connectivity index (χ2n) is 7.85. The summed E-state index contributed by atoms with van der Waals surface area (Å²) in [7, 11) is 0. The van der Waals surface area contributed by atoms with Crippen molar-refractivity contribution in [1.29, 1.82) is 0 Å². The predicted molar refractivity (Wildman–Crippen MR) is 115 cm³/mol. The highest BCUT2D eigenvalue weighted by molar-refractivity contribution is 5.95. The number of alkyl halides is 2. The van der Waals surface area contributed by atoms with Crippen LogP contribution in [0.15, 0.2) is 36.4 Å². The fourth-order valence-electron chi connectivity index (χ4n) is 4.18. The number of ether oxygens (including phenoxy) is 2. The topological polar surface area (TPSA) is 107 Å².